The van der Waals surface area contributed by atoms with Crippen LogP contribution in [0.25, 0.3) is 0 Å². The molecule has 0 fully saturated rings. The topological polar surface area (TPSA) is 43.8 Å². The molecule has 3 heteroatoms. The van der Waals surface area contributed by atoms with Crippen molar-refractivity contribution in [2.45, 2.75) is 26.2 Å². The molecule has 102 valence electrons. The Hall–Kier alpha value is -1.61. The van der Waals surface area contributed by atoms with Gasteiger partial charge in [-0.05, 0) is 49.8 Å². The van der Waals surface area contributed by atoms with Crippen LogP contribution in [0.3, 0.4) is 0 Å². The fraction of sp³-hybridized carbons (Fsp3) is 0.438. The van der Waals surface area contributed by atoms with Crippen LogP contribution >= 0.6 is 0 Å². The molecule has 1 heterocycles. The number of aromatic nitrogens is 2. The monoisotopic (exact) mass is 257 g/mol. The summed E-state index contributed by atoms with van der Waals surface area (Å²) < 4.78 is 1.85. The van der Waals surface area contributed by atoms with E-state index in [1.54, 1.807) is 0 Å². The molecule has 0 radical (unpaired) electrons. The molecule has 0 amide bonds. The van der Waals surface area contributed by atoms with E-state index in [9.17, 15) is 0 Å². The van der Waals surface area contributed by atoms with Crippen molar-refractivity contribution in [2.24, 2.45) is 18.7 Å². The number of hydrogen-bond acceptors (Lipinski definition) is 2. The molecule has 1 aromatic carbocycles. The van der Waals surface area contributed by atoms with Gasteiger partial charge in [0.05, 0.1) is 6.20 Å². The van der Waals surface area contributed by atoms with Crippen molar-refractivity contribution in [3.8, 4) is 0 Å². The largest absolute Gasteiger partial charge is 0.330 e. The number of aryl methyl sites for hydroxylation is 3. The summed E-state index contributed by atoms with van der Waals surface area (Å²) in [5.74, 6) is 0.544. The van der Waals surface area contributed by atoms with Crippen LogP contribution in [0.4, 0.5) is 0 Å². The van der Waals surface area contributed by atoms with E-state index in [4.69, 9.17) is 5.73 Å². The number of nitrogens with two attached hydrogens (primary N) is 1. The maximum Gasteiger partial charge on any atom is 0.0521 e. The molecule has 0 spiro atoms. The van der Waals surface area contributed by atoms with E-state index in [1.807, 2.05) is 17.9 Å². The van der Waals surface area contributed by atoms with Gasteiger partial charge < -0.3 is 5.73 Å². The van der Waals surface area contributed by atoms with Gasteiger partial charge in [-0.25, -0.2) is 0 Å². The van der Waals surface area contributed by atoms with E-state index in [2.05, 4.69) is 42.5 Å². The SMILES string of the molecule is Cc1ccc(CC(CN)CCc2cnn(C)c2)cc1. The minimum Gasteiger partial charge on any atom is -0.330 e. The Labute approximate surface area is 115 Å². The van der Waals surface area contributed by atoms with Crippen LogP contribution in [0.15, 0.2) is 36.7 Å². The summed E-state index contributed by atoms with van der Waals surface area (Å²) in [6.45, 7) is 2.86. The van der Waals surface area contributed by atoms with Crippen LogP contribution in [0.1, 0.15) is 23.1 Å². The van der Waals surface area contributed by atoms with Gasteiger partial charge in [0.15, 0.2) is 0 Å². The van der Waals surface area contributed by atoms with E-state index >= 15 is 0 Å². The van der Waals surface area contributed by atoms with Gasteiger partial charge in [-0.3, -0.25) is 4.68 Å². The highest BCUT2D eigenvalue weighted by molar-refractivity contribution is 5.21. The second kappa shape index (κ2) is 6.53. The molecule has 2 aromatic rings. The molecule has 1 aromatic heterocycles. The Morgan fingerprint density at radius 3 is 2.53 bits per heavy atom. The first-order chi connectivity index (χ1) is 9.17. The highest BCUT2D eigenvalue weighted by Crippen LogP contribution is 2.15. The summed E-state index contributed by atoms with van der Waals surface area (Å²) >= 11 is 0. The molecule has 19 heavy (non-hydrogen) atoms. The molecule has 0 bridgehead atoms. The lowest BCUT2D eigenvalue weighted by Gasteiger charge is -2.14. The minimum absolute atomic E-state index is 0.544. The molecule has 0 aliphatic heterocycles. The molecule has 1 atom stereocenters. The van der Waals surface area contributed by atoms with Crippen molar-refractivity contribution in [3.05, 3.63) is 53.3 Å². The van der Waals surface area contributed by atoms with Crippen LogP contribution in [0.2, 0.25) is 0 Å². The van der Waals surface area contributed by atoms with Crippen molar-refractivity contribution in [2.75, 3.05) is 6.54 Å². The molecule has 1 unspecified atom stereocenters. The Morgan fingerprint density at radius 1 is 1.21 bits per heavy atom. The normalized spacial score (nSPS) is 12.6. The molecule has 2 N–H and O–H groups in total. The highest BCUT2D eigenvalue weighted by atomic mass is 15.2. The average Bonchev–Trinajstić information content (AvgIpc) is 2.82. The van der Waals surface area contributed by atoms with Crippen LogP contribution in [0, 0.1) is 12.8 Å². The molecule has 0 aliphatic carbocycles. The van der Waals surface area contributed by atoms with Gasteiger partial charge in [-0.2, -0.15) is 5.10 Å². The fourth-order valence-corrected chi connectivity index (χ4v) is 2.33. The van der Waals surface area contributed by atoms with Crippen molar-refractivity contribution in [3.63, 3.8) is 0 Å². The summed E-state index contributed by atoms with van der Waals surface area (Å²) in [5, 5.41) is 4.20. The third-order valence-corrected chi connectivity index (χ3v) is 3.58. The van der Waals surface area contributed by atoms with Crippen molar-refractivity contribution < 1.29 is 0 Å². The first kappa shape index (κ1) is 13.8. The second-order valence-corrected chi connectivity index (χ2v) is 5.35. The smallest absolute Gasteiger partial charge is 0.0521 e. The number of benzene rings is 1. The first-order valence-corrected chi connectivity index (χ1v) is 6.90. The van der Waals surface area contributed by atoms with Crippen molar-refractivity contribution >= 4 is 0 Å². The Morgan fingerprint density at radius 2 is 1.95 bits per heavy atom. The van der Waals surface area contributed by atoms with Crippen LogP contribution in [0.5, 0.6) is 0 Å². The third kappa shape index (κ3) is 4.21. The van der Waals surface area contributed by atoms with Gasteiger partial charge in [0.25, 0.3) is 0 Å². The van der Waals surface area contributed by atoms with Crippen LogP contribution in [-0.4, -0.2) is 16.3 Å². The fourth-order valence-electron chi connectivity index (χ4n) is 2.33. The molecule has 0 aliphatic rings. The van der Waals surface area contributed by atoms with E-state index in [0.717, 1.165) is 25.8 Å². The molecule has 0 saturated heterocycles. The van der Waals surface area contributed by atoms with E-state index in [0.29, 0.717) is 5.92 Å². The summed E-state index contributed by atoms with van der Waals surface area (Å²) in [7, 11) is 1.95. The maximum absolute atomic E-state index is 5.90. The minimum atomic E-state index is 0.544. The molecule has 3 nitrogen and oxygen atoms in total. The summed E-state index contributed by atoms with van der Waals surface area (Å²) in [5.41, 5.74) is 9.89. The van der Waals surface area contributed by atoms with Crippen LogP contribution < -0.4 is 5.73 Å². The quantitative estimate of drug-likeness (QED) is 0.864. The molecule has 0 saturated carbocycles. The summed E-state index contributed by atoms with van der Waals surface area (Å²) in [6, 6.07) is 8.76. The van der Waals surface area contributed by atoms with Crippen molar-refractivity contribution in [1.82, 2.24) is 9.78 Å². The zero-order chi connectivity index (χ0) is 13.7. The maximum atomic E-state index is 5.90. The molecular weight excluding hydrogens is 234 g/mol. The third-order valence-electron chi connectivity index (χ3n) is 3.58. The van der Waals surface area contributed by atoms with Gasteiger partial charge in [0.2, 0.25) is 0 Å². The Kier molecular flexibility index (Phi) is 4.74. The predicted molar refractivity (Wildman–Crippen MR) is 79.0 cm³/mol. The Bertz CT molecular complexity index is 499. The second-order valence-electron chi connectivity index (χ2n) is 5.35. The zero-order valence-electron chi connectivity index (χ0n) is 11.8. The number of rotatable bonds is 6. The van der Waals surface area contributed by atoms with E-state index < -0.39 is 0 Å². The van der Waals surface area contributed by atoms with Gasteiger partial charge in [-0.15, -0.1) is 0 Å². The lowest BCUT2D eigenvalue weighted by atomic mass is 9.93. The number of nitrogens with zero attached hydrogens (tertiary/aromatic N) is 2. The first-order valence-electron chi connectivity index (χ1n) is 6.90. The summed E-state index contributed by atoms with van der Waals surface area (Å²) in [4.78, 5) is 0. The van der Waals surface area contributed by atoms with E-state index in [-0.39, 0.29) is 0 Å². The predicted octanol–water partition coefficient (Wildman–Crippen LogP) is 2.48. The average molecular weight is 257 g/mol. The summed E-state index contributed by atoms with van der Waals surface area (Å²) in [6.07, 6.45) is 7.27. The van der Waals surface area contributed by atoms with Crippen LogP contribution in [-0.2, 0) is 19.9 Å². The van der Waals surface area contributed by atoms with Gasteiger partial charge in [-0.1, -0.05) is 29.8 Å². The Balaban J connectivity index is 1.87. The molecule has 2 rings (SSSR count). The standard InChI is InChI=1S/C16H23N3/c1-13-3-5-14(6-4-13)9-15(10-17)7-8-16-11-18-19(2)12-16/h3-6,11-12,15H,7-10,17H2,1-2H3. The lowest BCUT2D eigenvalue weighted by Crippen LogP contribution is -2.17. The van der Waals surface area contributed by atoms with Crippen molar-refractivity contribution in [1.29, 1.82) is 0 Å². The van der Waals surface area contributed by atoms with E-state index in [1.165, 1.54) is 16.7 Å². The van der Waals surface area contributed by atoms with Gasteiger partial charge in [0, 0.05) is 13.2 Å². The zero-order valence-corrected chi connectivity index (χ0v) is 11.8. The highest BCUT2D eigenvalue weighted by Gasteiger charge is 2.09. The lowest BCUT2D eigenvalue weighted by molar-refractivity contribution is 0.494. The van der Waals surface area contributed by atoms with Gasteiger partial charge >= 0.3 is 0 Å². The number of hydrogen-bond donors (Lipinski definition) is 1. The molecular formula is C16H23N3. The van der Waals surface area contributed by atoms with Gasteiger partial charge in [0.1, 0.15) is 0 Å².